The molecule has 0 amide bonds. The van der Waals surface area contributed by atoms with Crippen molar-refractivity contribution in [3.63, 3.8) is 0 Å². The fourth-order valence-electron chi connectivity index (χ4n) is 2.97. The molecule has 4 heteroatoms. The summed E-state index contributed by atoms with van der Waals surface area (Å²) in [6.45, 7) is 12.2. The van der Waals surface area contributed by atoms with Crippen molar-refractivity contribution in [2.24, 2.45) is 0 Å². The zero-order valence-corrected chi connectivity index (χ0v) is 15.3. The van der Waals surface area contributed by atoms with Crippen LogP contribution in [-0.2, 0) is 9.47 Å². The lowest BCUT2D eigenvalue weighted by molar-refractivity contribution is -0.146. The van der Waals surface area contributed by atoms with Crippen molar-refractivity contribution in [2.45, 2.75) is 52.9 Å². The first-order valence-corrected chi connectivity index (χ1v) is 7.73. The third-order valence-electron chi connectivity index (χ3n) is 4.21. The summed E-state index contributed by atoms with van der Waals surface area (Å²) >= 11 is 0. The van der Waals surface area contributed by atoms with Gasteiger partial charge in [0, 0.05) is 5.56 Å². The quantitative estimate of drug-likeness (QED) is 0.782. The third kappa shape index (κ3) is 3.31. The average Bonchev–Trinajstić information content (AvgIpc) is 2.76. The van der Waals surface area contributed by atoms with Crippen molar-refractivity contribution in [1.82, 2.24) is 0 Å². The highest BCUT2D eigenvalue weighted by Gasteiger charge is 2.40. The average molecular weight is 318 g/mol. The molecule has 1 saturated heterocycles. The first-order valence-electron chi connectivity index (χ1n) is 7.73. The summed E-state index contributed by atoms with van der Waals surface area (Å²) in [4.78, 5) is 0. The summed E-state index contributed by atoms with van der Waals surface area (Å²) < 4.78 is 22.7. The molecule has 0 N–H and O–H groups in total. The molecule has 1 heterocycles. The summed E-state index contributed by atoms with van der Waals surface area (Å²) in [7, 11) is 3.34. The molecule has 2 rings (SSSR count). The van der Waals surface area contributed by atoms with E-state index < -0.39 is 11.4 Å². The van der Waals surface area contributed by atoms with Crippen molar-refractivity contribution in [1.29, 1.82) is 0 Å². The van der Waals surface area contributed by atoms with Gasteiger partial charge in [0.2, 0.25) is 0 Å². The smallest absolute Gasteiger partial charge is 0.165 e. The standard InChI is InChI=1S/C19H26O4/c1-12-13(2)17(21-8)15(14(3)16(12)20-7)9-10-19(6)11-22-18(4,5)23-19/h11H2,1-8H3/t19-/m0/s1. The Kier molecular flexibility index (Phi) is 4.66. The van der Waals surface area contributed by atoms with E-state index in [9.17, 15) is 0 Å². The second kappa shape index (κ2) is 6.07. The topological polar surface area (TPSA) is 36.9 Å². The molecule has 0 unspecified atom stereocenters. The van der Waals surface area contributed by atoms with Gasteiger partial charge in [-0.05, 0) is 52.7 Å². The van der Waals surface area contributed by atoms with Crippen molar-refractivity contribution >= 4 is 0 Å². The van der Waals surface area contributed by atoms with Crippen LogP contribution in [0.15, 0.2) is 0 Å². The zero-order valence-electron chi connectivity index (χ0n) is 15.3. The lowest BCUT2D eigenvalue weighted by Crippen LogP contribution is -2.29. The van der Waals surface area contributed by atoms with Crippen LogP contribution < -0.4 is 9.47 Å². The molecule has 4 nitrogen and oxygen atoms in total. The van der Waals surface area contributed by atoms with Crippen molar-refractivity contribution in [3.8, 4) is 23.3 Å². The number of benzene rings is 1. The van der Waals surface area contributed by atoms with E-state index >= 15 is 0 Å². The van der Waals surface area contributed by atoms with Crippen LogP contribution in [0, 0.1) is 32.6 Å². The van der Waals surface area contributed by atoms with Crippen LogP contribution in [0.3, 0.4) is 0 Å². The molecule has 0 spiro atoms. The first kappa shape index (κ1) is 17.7. The largest absolute Gasteiger partial charge is 0.496 e. The number of rotatable bonds is 2. The Morgan fingerprint density at radius 1 is 0.913 bits per heavy atom. The molecule has 1 aliphatic rings. The molecular formula is C19H26O4. The molecule has 1 aromatic rings. The lowest BCUT2D eigenvalue weighted by atomic mass is 9.96. The summed E-state index contributed by atoms with van der Waals surface area (Å²) in [5.74, 6) is 7.47. The van der Waals surface area contributed by atoms with E-state index in [1.165, 1.54) is 0 Å². The SMILES string of the molecule is COc1c(C)c(C)c(OC)c(C#C[C@@]2(C)COC(C)(C)O2)c1C. The number of ether oxygens (including phenoxy) is 4. The molecule has 1 aliphatic heterocycles. The minimum atomic E-state index is -0.632. The van der Waals surface area contributed by atoms with Crippen LogP contribution in [0.2, 0.25) is 0 Å². The van der Waals surface area contributed by atoms with Gasteiger partial charge in [0.25, 0.3) is 0 Å². The van der Waals surface area contributed by atoms with Crippen LogP contribution in [0.25, 0.3) is 0 Å². The Hall–Kier alpha value is -1.70. The van der Waals surface area contributed by atoms with E-state index in [4.69, 9.17) is 18.9 Å². The fraction of sp³-hybridized carbons (Fsp3) is 0.579. The summed E-state index contributed by atoms with van der Waals surface area (Å²) in [6.07, 6.45) is 0. The normalized spacial score (nSPS) is 22.4. The van der Waals surface area contributed by atoms with Crippen molar-refractivity contribution in [3.05, 3.63) is 22.3 Å². The second-order valence-corrected chi connectivity index (χ2v) is 6.59. The Morgan fingerprint density at radius 3 is 1.96 bits per heavy atom. The van der Waals surface area contributed by atoms with Gasteiger partial charge in [0.15, 0.2) is 11.4 Å². The van der Waals surface area contributed by atoms with Gasteiger partial charge >= 0.3 is 0 Å². The van der Waals surface area contributed by atoms with Crippen LogP contribution >= 0.6 is 0 Å². The molecule has 0 aliphatic carbocycles. The zero-order chi connectivity index (χ0) is 17.4. The highest BCUT2D eigenvalue weighted by Crippen LogP contribution is 2.37. The van der Waals surface area contributed by atoms with Crippen molar-refractivity contribution < 1.29 is 18.9 Å². The van der Waals surface area contributed by atoms with Gasteiger partial charge in [-0.25, -0.2) is 0 Å². The molecule has 1 aromatic carbocycles. The van der Waals surface area contributed by atoms with Crippen LogP contribution in [0.4, 0.5) is 0 Å². The molecule has 1 atom stereocenters. The molecule has 0 radical (unpaired) electrons. The van der Waals surface area contributed by atoms with E-state index in [-0.39, 0.29) is 0 Å². The van der Waals surface area contributed by atoms with Gasteiger partial charge in [-0.15, -0.1) is 0 Å². The van der Waals surface area contributed by atoms with Gasteiger partial charge in [-0.3, -0.25) is 0 Å². The summed E-state index contributed by atoms with van der Waals surface area (Å²) in [5, 5.41) is 0. The van der Waals surface area contributed by atoms with Gasteiger partial charge in [-0.2, -0.15) is 0 Å². The number of hydrogen-bond acceptors (Lipinski definition) is 4. The molecule has 1 fully saturated rings. The van der Waals surface area contributed by atoms with Gasteiger partial charge in [0.1, 0.15) is 11.5 Å². The lowest BCUT2D eigenvalue weighted by Gasteiger charge is -2.20. The highest BCUT2D eigenvalue weighted by atomic mass is 16.7. The molecule has 126 valence electrons. The maximum atomic E-state index is 5.91. The van der Waals surface area contributed by atoms with E-state index in [0.29, 0.717) is 6.61 Å². The third-order valence-corrected chi connectivity index (χ3v) is 4.21. The predicted molar refractivity (Wildman–Crippen MR) is 90.2 cm³/mol. The minimum Gasteiger partial charge on any atom is -0.496 e. The van der Waals surface area contributed by atoms with Crippen LogP contribution in [-0.4, -0.2) is 32.2 Å². The van der Waals surface area contributed by atoms with Crippen molar-refractivity contribution in [2.75, 3.05) is 20.8 Å². The summed E-state index contributed by atoms with van der Waals surface area (Å²) in [5.41, 5.74) is 3.28. The highest BCUT2D eigenvalue weighted by molar-refractivity contribution is 5.63. The van der Waals surface area contributed by atoms with E-state index in [1.54, 1.807) is 14.2 Å². The second-order valence-electron chi connectivity index (χ2n) is 6.59. The molecule has 0 bridgehead atoms. The van der Waals surface area contributed by atoms with Gasteiger partial charge < -0.3 is 18.9 Å². The molecule has 23 heavy (non-hydrogen) atoms. The molecular weight excluding hydrogens is 292 g/mol. The van der Waals surface area contributed by atoms with E-state index in [0.717, 1.165) is 33.8 Å². The minimum absolute atomic E-state index is 0.441. The first-order chi connectivity index (χ1) is 10.6. The van der Waals surface area contributed by atoms with Gasteiger partial charge in [0.05, 0.1) is 26.4 Å². The maximum absolute atomic E-state index is 5.91. The van der Waals surface area contributed by atoms with Crippen LogP contribution in [0.5, 0.6) is 11.5 Å². The maximum Gasteiger partial charge on any atom is 0.165 e. The Morgan fingerprint density at radius 2 is 1.48 bits per heavy atom. The van der Waals surface area contributed by atoms with Gasteiger partial charge in [-0.1, -0.05) is 11.8 Å². The van der Waals surface area contributed by atoms with E-state index in [2.05, 4.69) is 11.8 Å². The van der Waals surface area contributed by atoms with E-state index in [1.807, 2.05) is 41.5 Å². The molecule has 0 saturated carbocycles. The molecule has 0 aromatic heterocycles. The Labute approximate surface area is 139 Å². The Balaban J connectivity index is 2.53. The number of hydrogen-bond donors (Lipinski definition) is 0. The monoisotopic (exact) mass is 318 g/mol. The number of methoxy groups -OCH3 is 2. The Bertz CT molecular complexity index is 679. The predicted octanol–water partition coefficient (Wildman–Crippen LogP) is 3.52. The van der Waals surface area contributed by atoms with Crippen LogP contribution in [0.1, 0.15) is 43.0 Å². The summed E-state index contributed by atoms with van der Waals surface area (Å²) in [6, 6.07) is 0. The fourth-order valence-corrected chi connectivity index (χ4v) is 2.97.